The molecule has 0 aliphatic rings. The number of hydrogen-bond acceptors (Lipinski definition) is 5. The summed E-state index contributed by atoms with van der Waals surface area (Å²) in [5.41, 5.74) is 1.90. The molecule has 0 aliphatic heterocycles. The van der Waals surface area contributed by atoms with Crippen molar-refractivity contribution in [1.29, 1.82) is 0 Å². The summed E-state index contributed by atoms with van der Waals surface area (Å²) in [7, 11) is 1.62. The number of halogens is 1. The van der Waals surface area contributed by atoms with Crippen LogP contribution in [0.1, 0.15) is 17.5 Å². The van der Waals surface area contributed by atoms with Gasteiger partial charge in [-0.1, -0.05) is 24.3 Å². The second kappa shape index (κ2) is 11.5. The van der Waals surface area contributed by atoms with Crippen LogP contribution < -0.4 is 20.1 Å². The summed E-state index contributed by atoms with van der Waals surface area (Å²) in [4.78, 5) is 0. The van der Waals surface area contributed by atoms with Gasteiger partial charge in [-0.05, 0) is 43.3 Å². The number of benzene rings is 2. The first-order valence-electron chi connectivity index (χ1n) is 8.80. The number of methoxy groups -OCH3 is 1. The molecule has 0 bridgehead atoms. The van der Waals surface area contributed by atoms with E-state index >= 15 is 0 Å². The van der Waals surface area contributed by atoms with Crippen LogP contribution in [0.3, 0.4) is 0 Å². The molecular formula is C20H27FN2O3. The molecule has 3 N–H and O–H groups in total. The highest BCUT2D eigenvalue weighted by Gasteiger charge is 2.11. The number of hydrogen-bond donors (Lipinski definition) is 3. The van der Waals surface area contributed by atoms with Crippen LogP contribution in [0.15, 0.2) is 42.5 Å². The fourth-order valence-corrected chi connectivity index (χ4v) is 2.53. The highest BCUT2D eigenvalue weighted by Crippen LogP contribution is 2.31. The second-order valence-electron chi connectivity index (χ2n) is 5.87. The van der Waals surface area contributed by atoms with Crippen LogP contribution in [0, 0.1) is 5.82 Å². The maximum Gasteiger partial charge on any atom is 0.166 e. The molecule has 0 unspecified atom stereocenters. The molecule has 5 nitrogen and oxygen atoms in total. The van der Waals surface area contributed by atoms with E-state index in [1.807, 2.05) is 18.2 Å². The zero-order valence-electron chi connectivity index (χ0n) is 15.1. The topological polar surface area (TPSA) is 62.8 Å². The van der Waals surface area contributed by atoms with Gasteiger partial charge in [0.1, 0.15) is 12.4 Å². The number of nitrogens with one attached hydrogen (secondary N) is 2. The molecule has 0 aromatic heterocycles. The zero-order valence-corrected chi connectivity index (χ0v) is 15.1. The molecule has 2 aromatic carbocycles. The van der Waals surface area contributed by atoms with Gasteiger partial charge in [0.25, 0.3) is 0 Å². The minimum atomic E-state index is -0.260. The summed E-state index contributed by atoms with van der Waals surface area (Å²) < 4.78 is 24.4. The van der Waals surface area contributed by atoms with Crippen LogP contribution in [0.5, 0.6) is 11.5 Å². The van der Waals surface area contributed by atoms with Crippen molar-refractivity contribution in [3.05, 3.63) is 59.4 Å². The molecule has 0 fully saturated rings. The van der Waals surface area contributed by atoms with E-state index in [4.69, 9.17) is 14.6 Å². The summed E-state index contributed by atoms with van der Waals surface area (Å²) in [6.07, 6.45) is 0.968. The van der Waals surface area contributed by atoms with Crippen molar-refractivity contribution in [1.82, 2.24) is 10.6 Å². The highest BCUT2D eigenvalue weighted by atomic mass is 19.1. The van der Waals surface area contributed by atoms with Crippen molar-refractivity contribution < 1.29 is 19.0 Å². The SMILES string of the molecule is COc1cccc(CNCCCNCCO)c1OCc1ccc(F)cc1. The first-order valence-corrected chi connectivity index (χ1v) is 8.80. The summed E-state index contributed by atoms with van der Waals surface area (Å²) in [5.74, 6) is 1.12. The lowest BCUT2D eigenvalue weighted by molar-refractivity contribution is 0.280. The Labute approximate surface area is 154 Å². The molecule has 26 heavy (non-hydrogen) atoms. The van der Waals surface area contributed by atoms with Crippen LogP contribution in [0.25, 0.3) is 0 Å². The third-order valence-electron chi connectivity index (χ3n) is 3.89. The third-order valence-corrected chi connectivity index (χ3v) is 3.89. The van der Waals surface area contributed by atoms with E-state index < -0.39 is 0 Å². The van der Waals surface area contributed by atoms with E-state index in [0.717, 1.165) is 30.6 Å². The average molecular weight is 362 g/mol. The Hall–Kier alpha value is -2.15. The number of rotatable bonds is 12. The van der Waals surface area contributed by atoms with Gasteiger partial charge in [-0.2, -0.15) is 0 Å². The predicted molar refractivity (Wildman–Crippen MR) is 100 cm³/mol. The van der Waals surface area contributed by atoms with Gasteiger partial charge in [-0.25, -0.2) is 4.39 Å². The van der Waals surface area contributed by atoms with E-state index in [9.17, 15) is 4.39 Å². The lowest BCUT2D eigenvalue weighted by Gasteiger charge is -2.16. The summed E-state index contributed by atoms with van der Waals surface area (Å²) >= 11 is 0. The molecule has 0 saturated carbocycles. The molecule has 0 radical (unpaired) electrons. The molecule has 0 amide bonds. The van der Waals surface area contributed by atoms with Crippen LogP contribution in [0.2, 0.25) is 0 Å². The zero-order chi connectivity index (χ0) is 18.6. The number of ether oxygens (including phenoxy) is 2. The first kappa shape index (κ1) is 20.2. The first-order chi connectivity index (χ1) is 12.7. The smallest absolute Gasteiger partial charge is 0.166 e. The third kappa shape index (κ3) is 6.63. The Balaban J connectivity index is 1.90. The van der Waals surface area contributed by atoms with E-state index in [0.29, 0.717) is 31.2 Å². The van der Waals surface area contributed by atoms with Crippen molar-refractivity contribution in [3.8, 4) is 11.5 Å². The van der Waals surface area contributed by atoms with Crippen molar-refractivity contribution in [3.63, 3.8) is 0 Å². The second-order valence-corrected chi connectivity index (χ2v) is 5.87. The van der Waals surface area contributed by atoms with Crippen molar-refractivity contribution in [2.75, 3.05) is 33.4 Å². The van der Waals surface area contributed by atoms with E-state index in [-0.39, 0.29) is 12.4 Å². The maximum atomic E-state index is 13.0. The fourth-order valence-electron chi connectivity index (χ4n) is 2.53. The molecule has 0 aliphatic carbocycles. The van der Waals surface area contributed by atoms with Crippen molar-refractivity contribution in [2.24, 2.45) is 0 Å². The molecule has 0 saturated heterocycles. The Bertz CT molecular complexity index is 650. The maximum absolute atomic E-state index is 13.0. The molecule has 2 aromatic rings. The number of para-hydroxylation sites is 1. The molecule has 0 atom stereocenters. The quantitative estimate of drug-likeness (QED) is 0.507. The molecule has 6 heteroatoms. The Morgan fingerprint density at radius 2 is 1.77 bits per heavy atom. The largest absolute Gasteiger partial charge is 0.493 e. The normalized spacial score (nSPS) is 10.7. The van der Waals surface area contributed by atoms with Gasteiger partial charge in [0.2, 0.25) is 0 Å². The summed E-state index contributed by atoms with van der Waals surface area (Å²) in [6.45, 7) is 3.50. The fraction of sp³-hybridized carbons (Fsp3) is 0.400. The minimum Gasteiger partial charge on any atom is -0.493 e. The minimum absolute atomic E-state index is 0.159. The molecule has 2 rings (SSSR count). The molecule has 142 valence electrons. The van der Waals surface area contributed by atoms with Gasteiger partial charge in [-0.3, -0.25) is 0 Å². The molecule has 0 heterocycles. The van der Waals surface area contributed by atoms with Gasteiger partial charge in [-0.15, -0.1) is 0 Å². The number of aliphatic hydroxyl groups is 1. The monoisotopic (exact) mass is 362 g/mol. The van der Waals surface area contributed by atoms with Crippen LogP contribution >= 0.6 is 0 Å². The van der Waals surface area contributed by atoms with E-state index in [1.54, 1.807) is 19.2 Å². The van der Waals surface area contributed by atoms with Crippen LogP contribution in [0.4, 0.5) is 4.39 Å². The predicted octanol–water partition coefficient (Wildman–Crippen LogP) is 2.47. The standard InChI is InChI=1S/C20H27FN2O3/c1-25-19-5-2-4-17(14-23-11-3-10-22-12-13-24)20(19)26-15-16-6-8-18(21)9-7-16/h2,4-9,22-24H,3,10-15H2,1H3. The van der Waals surface area contributed by atoms with Crippen LogP contribution in [-0.4, -0.2) is 38.5 Å². The van der Waals surface area contributed by atoms with E-state index in [1.165, 1.54) is 12.1 Å². The number of aliphatic hydroxyl groups excluding tert-OH is 1. The average Bonchev–Trinajstić information content (AvgIpc) is 2.67. The Kier molecular flexibility index (Phi) is 8.89. The lowest BCUT2D eigenvalue weighted by Crippen LogP contribution is -2.24. The highest BCUT2D eigenvalue weighted by molar-refractivity contribution is 5.46. The molecular weight excluding hydrogens is 335 g/mol. The van der Waals surface area contributed by atoms with Crippen molar-refractivity contribution >= 4 is 0 Å². The molecule has 0 spiro atoms. The van der Waals surface area contributed by atoms with Gasteiger partial charge in [0.05, 0.1) is 13.7 Å². The summed E-state index contributed by atoms with van der Waals surface area (Å²) in [6, 6.07) is 12.1. The van der Waals surface area contributed by atoms with E-state index in [2.05, 4.69) is 10.6 Å². The van der Waals surface area contributed by atoms with Gasteiger partial charge < -0.3 is 25.2 Å². The lowest BCUT2D eigenvalue weighted by atomic mass is 10.1. The van der Waals surface area contributed by atoms with Crippen LogP contribution in [-0.2, 0) is 13.2 Å². The van der Waals surface area contributed by atoms with Gasteiger partial charge >= 0.3 is 0 Å². The Morgan fingerprint density at radius 1 is 1.00 bits per heavy atom. The van der Waals surface area contributed by atoms with Gasteiger partial charge in [0, 0.05) is 18.7 Å². The Morgan fingerprint density at radius 3 is 2.50 bits per heavy atom. The summed E-state index contributed by atoms with van der Waals surface area (Å²) in [5, 5.41) is 15.3. The van der Waals surface area contributed by atoms with Gasteiger partial charge in [0.15, 0.2) is 11.5 Å². The van der Waals surface area contributed by atoms with Crippen molar-refractivity contribution in [2.45, 2.75) is 19.6 Å².